The summed E-state index contributed by atoms with van der Waals surface area (Å²) in [5, 5.41) is 16.0. The Bertz CT molecular complexity index is 1000. The number of aromatic nitrogens is 3. The van der Waals surface area contributed by atoms with E-state index in [1.54, 1.807) is 13.0 Å². The van der Waals surface area contributed by atoms with E-state index in [9.17, 15) is 17.6 Å². The van der Waals surface area contributed by atoms with E-state index in [4.69, 9.17) is 21.6 Å². The molecule has 0 spiro atoms. The van der Waals surface area contributed by atoms with Gasteiger partial charge in [0.05, 0.1) is 16.6 Å². The lowest BCUT2D eigenvalue weighted by atomic mass is 10.2. The van der Waals surface area contributed by atoms with E-state index in [1.165, 1.54) is 16.8 Å². The zero-order chi connectivity index (χ0) is 19.1. The van der Waals surface area contributed by atoms with Crippen molar-refractivity contribution >= 4 is 22.6 Å². The third kappa shape index (κ3) is 3.28. The Kier molecular flexibility index (Phi) is 4.46. The Morgan fingerprint density at radius 2 is 1.96 bits per heavy atom. The topological polar surface area (TPSA) is 63.7 Å². The molecule has 26 heavy (non-hydrogen) atoms. The molecule has 2 aromatic carbocycles. The molecular formula is C16H9ClF4N4O. The summed E-state index contributed by atoms with van der Waals surface area (Å²) in [7, 11) is 0. The molecule has 0 aliphatic carbocycles. The molecule has 1 atom stereocenters. The predicted molar refractivity (Wildman–Crippen MR) is 84.3 cm³/mol. The van der Waals surface area contributed by atoms with Crippen molar-refractivity contribution in [2.24, 2.45) is 0 Å². The van der Waals surface area contributed by atoms with Crippen molar-refractivity contribution in [2.45, 2.75) is 19.1 Å². The molecule has 1 heterocycles. The van der Waals surface area contributed by atoms with Crippen LogP contribution in [0, 0.1) is 17.1 Å². The standard InChI is InChI=1S/C16H9ClF4N4O/c1-8(7-22)25-14-6-9(2-3-13(14)23-24-25)26-10-4-11(17)15(12(18)5-10)16(19,20)21/h2-6,8H,1H3. The summed E-state index contributed by atoms with van der Waals surface area (Å²) in [6.45, 7) is 1.62. The zero-order valence-corrected chi connectivity index (χ0v) is 13.8. The minimum Gasteiger partial charge on any atom is -0.457 e. The van der Waals surface area contributed by atoms with Crippen molar-refractivity contribution < 1.29 is 22.3 Å². The van der Waals surface area contributed by atoms with E-state index < -0.39 is 28.6 Å². The van der Waals surface area contributed by atoms with Crippen LogP contribution in [-0.4, -0.2) is 15.0 Å². The fourth-order valence-electron chi connectivity index (χ4n) is 2.34. The molecule has 0 N–H and O–H groups in total. The van der Waals surface area contributed by atoms with Gasteiger partial charge in [-0.3, -0.25) is 0 Å². The highest BCUT2D eigenvalue weighted by atomic mass is 35.5. The number of halogens is 5. The van der Waals surface area contributed by atoms with Crippen LogP contribution in [0.3, 0.4) is 0 Å². The van der Waals surface area contributed by atoms with Gasteiger partial charge in [-0.05, 0) is 19.1 Å². The third-order valence-electron chi connectivity index (χ3n) is 3.53. The smallest absolute Gasteiger partial charge is 0.420 e. The molecule has 134 valence electrons. The number of hydrogen-bond acceptors (Lipinski definition) is 4. The van der Waals surface area contributed by atoms with Crippen molar-refractivity contribution in [3.8, 4) is 17.6 Å². The number of hydrogen-bond donors (Lipinski definition) is 0. The highest BCUT2D eigenvalue weighted by Gasteiger charge is 2.37. The first-order chi connectivity index (χ1) is 12.2. The Balaban J connectivity index is 1.98. The summed E-state index contributed by atoms with van der Waals surface area (Å²) < 4.78 is 58.8. The van der Waals surface area contributed by atoms with Crippen LogP contribution in [0.5, 0.6) is 11.5 Å². The van der Waals surface area contributed by atoms with Gasteiger partial charge in [-0.15, -0.1) is 5.10 Å². The monoisotopic (exact) mass is 384 g/mol. The minimum atomic E-state index is -4.91. The summed E-state index contributed by atoms with van der Waals surface area (Å²) in [4.78, 5) is 0. The molecule has 3 aromatic rings. The number of nitriles is 1. The Hall–Kier alpha value is -2.86. The third-order valence-corrected chi connectivity index (χ3v) is 3.83. The average molecular weight is 385 g/mol. The van der Waals surface area contributed by atoms with Crippen LogP contribution >= 0.6 is 11.6 Å². The second-order valence-electron chi connectivity index (χ2n) is 5.35. The highest BCUT2D eigenvalue weighted by Crippen LogP contribution is 2.39. The molecule has 0 bridgehead atoms. The lowest BCUT2D eigenvalue weighted by Gasteiger charge is -2.13. The second-order valence-corrected chi connectivity index (χ2v) is 5.76. The number of nitrogens with zero attached hydrogens (tertiary/aromatic N) is 4. The lowest BCUT2D eigenvalue weighted by Crippen LogP contribution is -2.09. The van der Waals surface area contributed by atoms with Gasteiger partial charge in [0.25, 0.3) is 0 Å². The van der Waals surface area contributed by atoms with Crippen LogP contribution < -0.4 is 4.74 Å². The SMILES string of the molecule is CC(C#N)n1nnc2ccc(Oc3cc(F)c(C(F)(F)F)c(Cl)c3)cc21. The number of benzene rings is 2. The van der Waals surface area contributed by atoms with Gasteiger partial charge in [-0.25, -0.2) is 9.07 Å². The summed E-state index contributed by atoms with van der Waals surface area (Å²) in [5.41, 5.74) is -0.571. The van der Waals surface area contributed by atoms with Crippen LogP contribution in [0.25, 0.3) is 11.0 Å². The Morgan fingerprint density at radius 3 is 2.58 bits per heavy atom. The maximum atomic E-state index is 13.8. The molecule has 0 fully saturated rings. The van der Waals surface area contributed by atoms with Crippen molar-refractivity contribution in [3.05, 3.63) is 46.7 Å². The van der Waals surface area contributed by atoms with Gasteiger partial charge >= 0.3 is 6.18 Å². The molecule has 0 aliphatic heterocycles. The van der Waals surface area contributed by atoms with Crippen molar-refractivity contribution in [1.82, 2.24) is 15.0 Å². The van der Waals surface area contributed by atoms with Gasteiger partial charge in [0.1, 0.15) is 34.4 Å². The molecule has 1 aromatic heterocycles. The Labute approximate surface area is 149 Å². The van der Waals surface area contributed by atoms with E-state index in [2.05, 4.69) is 10.3 Å². The van der Waals surface area contributed by atoms with Gasteiger partial charge < -0.3 is 4.74 Å². The molecule has 5 nitrogen and oxygen atoms in total. The maximum absolute atomic E-state index is 13.8. The van der Waals surface area contributed by atoms with E-state index in [-0.39, 0.29) is 11.5 Å². The minimum absolute atomic E-state index is 0.196. The molecule has 1 unspecified atom stereocenters. The van der Waals surface area contributed by atoms with E-state index in [1.807, 2.05) is 6.07 Å². The molecule has 0 radical (unpaired) electrons. The molecular weight excluding hydrogens is 376 g/mol. The first-order valence-corrected chi connectivity index (χ1v) is 7.57. The molecule has 0 saturated heterocycles. The number of rotatable bonds is 3. The van der Waals surface area contributed by atoms with Crippen LogP contribution in [-0.2, 0) is 6.18 Å². The summed E-state index contributed by atoms with van der Waals surface area (Å²) in [5.74, 6) is -1.54. The summed E-state index contributed by atoms with van der Waals surface area (Å²) in [6.07, 6.45) is -4.91. The van der Waals surface area contributed by atoms with Crippen molar-refractivity contribution in [3.63, 3.8) is 0 Å². The van der Waals surface area contributed by atoms with Crippen molar-refractivity contribution in [2.75, 3.05) is 0 Å². The van der Waals surface area contributed by atoms with Gasteiger partial charge in [-0.1, -0.05) is 16.8 Å². The van der Waals surface area contributed by atoms with Gasteiger partial charge in [0, 0.05) is 18.2 Å². The summed E-state index contributed by atoms with van der Waals surface area (Å²) in [6, 6.07) is 7.44. The van der Waals surface area contributed by atoms with Gasteiger partial charge in [-0.2, -0.15) is 18.4 Å². The normalized spacial score (nSPS) is 12.8. The Morgan fingerprint density at radius 1 is 1.23 bits per heavy atom. The molecule has 10 heteroatoms. The van der Waals surface area contributed by atoms with Crippen LogP contribution in [0.4, 0.5) is 17.6 Å². The van der Waals surface area contributed by atoms with Crippen molar-refractivity contribution in [1.29, 1.82) is 5.26 Å². The fourth-order valence-corrected chi connectivity index (χ4v) is 2.64. The first kappa shape index (κ1) is 17.9. The molecule has 0 aliphatic rings. The van der Waals surface area contributed by atoms with Gasteiger partial charge in [0.2, 0.25) is 0 Å². The van der Waals surface area contributed by atoms with Crippen LogP contribution in [0.1, 0.15) is 18.5 Å². The van der Waals surface area contributed by atoms with Gasteiger partial charge in [0.15, 0.2) is 0 Å². The summed E-state index contributed by atoms with van der Waals surface area (Å²) >= 11 is 5.55. The first-order valence-electron chi connectivity index (χ1n) is 7.19. The highest BCUT2D eigenvalue weighted by molar-refractivity contribution is 6.31. The maximum Gasteiger partial charge on any atom is 0.420 e. The number of fused-ring (bicyclic) bond motifs is 1. The largest absolute Gasteiger partial charge is 0.457 e. The van der Waals surface area contributed by atoms with Crippen LogP contribution in [0.2, 0.25) is 5.02 Å². The fraction of sp³-hybridized carbons (Fsp3) is 0.188. The average Bonchev–Trinajstić information content (AvgIpc) is 2.95. The quantitative estimate of drug-likeness (QED) is 0.588. The predicted octanol–water partition coefficient (Wildman–Crippen LogP) is 5.12. The van der Waals surface area contributed by atoms with E-state index in [0.717, 1.165) is 6.07 Å². The van der Waals surface area contributed by atoms with E-state index in [0.29, 0.717) is 17.1 Å². The van der Waals surface area contributed by atoms with Crippen LogP contribution in [0.15, 0.2) is 30.3 Å². The number of ether oxygens (including phenoxy) is 1. The van der Waals surface area contributed by atoms with E-state index >= 15 is 0 Å². The second kappa shape index (κ2) is 6.46. The molecule has 3 rings (SSSR count). The lowest BCUT2D eigenvalue weighted by molar-refractivity contribution is -0.139. The molecule has 0 saturated carbocycles. The zero-order valence-electron chi connectivity index (χ0n) is 13.1. The molecule has 0 amide bonds. The number of alkyl halides is 3.